The second-order valence-electron chi connectivity index (χ2n) is 7.40. The normalized spacial score (nSPS) is 11.0. The summed E-state index contributed by atoms with van der Waals surface area (Å²) in [6.45, 7) is 2.29. The Hall–Kier alpha value is -1.69. The van der Waals surface area contributed by atoms with Gasteiger partial charge in [-0.05, 0) is 29.5 Å². The largest absolute Gasteiger partial charge is 0.394 e. The summed E-state index contributed by atoms with van der Waals surface area (Å²) in [5.41, 5.74) is 4.26. The monoisotopic (exact) mass is 420 g/mol. The minimum absolute atomic E-state index is 1.21. The molecule has 0 unspecified atom stereocenters. The van der Waals surface area contributed by atoms with Crippen LogP contribution in [0.3, 0.4) is 0 Å². The van der Waals surface area contributed by atoms with Crippen molar-refractivity contribution in [3.8, 4) is 11.1 Å². The fourth-order valence-electron chi connectivity index (χ4n) is 3.44. The van der Waals surface area contributed by atoms with Crippen LogP contribution >= 0.6 is 0 Å². The van der Waals surface area contributed by atoms with Gasteiger partial charge in [0.2, 0.25) is 0 Å². The van der Waals surface area contributed by atoms with Crippen LogP contribution in [0.4, 0.5) is 0 Å². The lowest BCUT2D eigenvalue weighted by molar-refractivity contribution is 0.381. The smallest absolute Gasteiger partial charge is 0.264 e. The Balaban J connectivity index is 0.000000749. The molecule has 5 heteroatoms. The van der Waals surface area contributed by atoms with Crippen LogP contribution < -0.4 is 0 Å². The fraction of sp³-hybridized carbons (Fsp3) is 0.500. The molecule has 0 atom stereocenters. The number of hydrogen-bond donors (Lipinski definition) is 2. The van der Waals surface area contributed by atoms with Crippen LogP contribution in [-0.4, -0.2) is 17.5 Å². The molecular weight excluding hydrogens is 384 g/mol. The van der Waals surface area contributed by atoms with Crippen LogP contribution in [0, 0.1) is 0 Å². The summed E-state index contributed by atoms with van der Waals surface area (Å²) in [7, 11) is -4.67. The van der Waals surface area contributed by atoms with E-state index in [1.807, 2.05) is 0 Å². The summed E-state index contributed by atoms with van der Waals surface area (Å²) in [6.07, 6.45) is 15.3. The quantitative estimate of drug-likeness (QED) is 0.282. The number of rotatable bonds is 12. The molecule has 0 spiro atoms. The van der Waals surface area contributed by atoms with Crippen molar-refractivity contribution in [1.82, 2.24) is 0 Å². The van der Waals surface area contributed by atoms with E-state index in [2.05, 4.69) is 61.5 Å². The average Bonchev–Trinajstić information content (AvgIpc) is 2.69. The molecule has 0 aliphatic rings. The van der Waals surface area contributed by atoms with E-state index in [0.717, 1.165) is 0 Å². The first kappa shape index (κ1) is 25.3. The van der Waals surface area contributed by atoms with Gasteiger partial charge in [0.25, 0.3) is 0 Å². The zero-order chi connectivity index (χ0) is 21.4. The molecule has 0 saturated heterocycles. The van der Waals surface area contributed by atoms with E-state index >= 15 is 0 Å². The Bertz CT molecular complexity index is 749. The maximum atomic E-state index is 8.74. The minimum Gasteiger partial charge on any atom is -0.264 e. The summed E-state index contributed by atoms with van der Waals surface area (Å²) in [4.78, 5) is 0. The summed E-state index contributed by atoms with van der Waals surface area (Å²) in [5, 5.41) is 0. The van der Waals surface area contributed by atoms with E-state index in [9.17, 15) is 0 Å². The van der Waals surface area contributed by atoms with E-state index in [4.69, 9.17) is 17.5 Å². The van der Waals surface area contributed by atoms with E-state index < -0.39 is 10.4 Å². The third-order valence-corrected chi connectivity index (χ3v) is 4.90. The van der Waals surface area contributed by atoms with Gasteiger partial charge in [-0.2, -0.15) is 8.42 Å². The molecular formula is C24H36O4S. The molecule has 0 aliphatic carbocycles. The van der Waals surface area contributed by atoms with Crippen LogP contribution in [0.2, 0.25) is 0 Å². The Kier molecular flexibility index (Phi) is 13.3. The Morgan fingerprint density at radius 3 is 1.66 bits per heavy atom. The highest BCUT2D eigenvalue weighted by Gasteiger charge is 2.03. The molecule has 0 saturated carbocycles. The van der Waals surface area contributed by atoms with Crippen LogP contribution in [-0.2, 0) is 16.8 Å². The van der Waals surface area contributed by atoms with Gasteiger partial charge >= 0.3 is 10.4 Å². The summed E-state index contributed by atoms with van der Waals surface area (Å²) in [6, 6.07) is 19.7. The lowest BCUT2D eigenvalue weighted by atomic mass is 9.95. The molecule has 0 aliphatic heterocycles. The molecule has 2 N–H and O–H groups in total. The van der Waals surface area contributed by atoms with Gasteiger partial charge < -0.3 is 0 Å². The second-order valence-corrected chi connectivity index (χ2v) is 8.30. The molecule has 2 aromatic rings. The van der Waals surface area contributed by atoms with Gasteiger partial charge in [-0.15, -0.1) is 0 Å². The molecule has 29 heavy (non-hydrogen) atoms. The van der Waals surface area contributed by atoms with Gasteiger partial charge in [0.05, 0.1) is 0 Å². The lowest BCUT2D eigenvalue weighted by Gasteiger charge is -2.09. The zero-order valence-corrected chi connectivity index (χ0v) is 18.4. The summed E-state index contributed by atoms with van der Waals surface area (Å²) >= 11 is 0. The average molecular weight is 421 g/mol. The highest BCUT2D eigenvalue weighted by Crippen LogP contribution is 2.25. The van der Waals surface area contributed by atoms with Crippen molar-refractivity contribution >= 4 is 10.4 Å². The molecule has 0 bridgehead atoms. The van der Waals surface area contributed by atoms with Crippen molar-refractivity contribution in [2.45, 2.75) is 77.6 Å². The fourth-order valence-corrected chi connectivity index (χ4v) is 3.44. The Morgan fingerprint density at radius 1 is 0.655 bits per heavy atom. The maximum Gasteiger partial charge on any atom is 0.394 e. The van der Waals surface area contributed by atoms with Crippen molar-refractivity contribution in [2.24, 2.45) is 0 Å². The minimum atomic E-state index is -4.67. The zero-order valence-electron chi connectivity index (χ0n) is 17.6. The molecule has 2 rings (SSSR count). The van der Waals surface area contributed by atoms with E-state index in [0.29, 0.717) is 0 Å². The van der Waals surface area contributed by atoms with Gasteiger partial charge in [-0.25, -0.2) is 0 Å². The van der Waals surface area contributed by atoms with Gasteiger partial charge in [0.15, 0.2) is 0 Å². The maximum absolute atomic E-state index is 8.74. The van der Waals surface area contributed by atoms with Crippen molar-refractivity contribution in [2.75, 3.05) is 0 Å². The van der Waals surface area contributed by atoms with Crippen molar-refractivity contribution in [3.63, 3.8) is 0 Å². The predicted octanol–water partition coefficient (Wildman–Crippen LogP) is 7.16. The lowest BCUT2D eigenvalue weighted by Crippen LogP contribution is -1.91. The van der Waals surface area contributed by atoms with E-state index in [-0.39, 0.29) is 0 Å². The number of aryl methyl sites for hydroxylation is 1. The summed E-state index contributed by atoms with van der Waals surface area (Å²) in [5.74, 6) is 0. The molecule has 0 radical (unpaired) electrons. The van der Waals surface area contributed by atoms with Crippen molar-refractivity contribution in [3.05, 3.63) is 60.2 Å². The van der Waals surface area contributed by atoms with Crippen molar-refractivity contribution < 1.29 is 17.5 Å². The number of benzene rings is 2. The molecule has 0 heterocycles. The first-order valence-corrected chi connectivity index (χ1v) is 12.1. The van der Waals surface area contributed by atoms with Crippen LogP contribution in [0.1, 0.15) is 76.7 Å². The Morgan fingerprint density at radius 2 is 1.10 bits per heavy atom. The van der Waals surface area contributed by atoms with E-state index in [1.165, 1.54) is 87.3 Å². The highest BCUT2D eigenvalue weighted by molar-refractivity contribution is 7.79. The Labute approximate surface area is 177 Å². The molecule has 0 amide bonds. The van der Waals surface area contributed by atoms with Gasteiger partial charge in [-0.3, -0.25) is 9.11 Å². The standard InChI is InChI=1S/C24H34.H2O4S/c1-2-3-4-5-6-7-8-9-10-12-17-23-20-15-16-21-24(23)22-18-13-11-14-19-22;1-5(2,3)4/h11,13-16,18-21H,2-10,12,17H2,1H3;(H2,1,2,3,4). The third kappa shape index (κ3) is 14.0. The summed E-state index contributed by atoms with van der Waals surface area (Å²) < 4.78 is 31.6. The van der Waals surface area contributed by atoms with Crippen LogP contribution in [0.15, 0.2) is 54.6 Å². The molecule has 0 fully saturated rings. The van der Waals surface area contributed by atoms with Crippen molar-refractivity contribution in [1.29, 1.82) is 0 Å². The molecule has 0 aromatic heterocycles. The van der Waals surface area contributed by atoms with Crippen LogP contribution in [0.5, 0.6) is 0 Å². The molecule has 2 aromatic carbocycles. The van der Waals surface area contributed by atoms with E-state index in [1.54, 1.807) is 0 Å². The third-order valence-electron chi connectivity index (χ3n) is 4.90. The molecule has 162 valence electrons. The van der Waals surface area contributed by atoms with Crippen LogP contribution in [0.25, 0.3) is 11.1 Å². The number of hydrogen-bond acceptors (Lipinski definition) is 2. The molecule has 4 nitrogen and oxygen atoms in total. The topological polar surface area (TPSA) is 74.6 Å². The number of unbranched alkanes of at least 4 members (excludes halogenated alkanes) is 9. The predicted molar refractivity (Wildman–Crippen MR) is 122 cm³/mol. The van der Waals surface area contributed by atoms with Gasteiger partial charge in [0, 0.05) is 0 Å². The first-order chi connectivity index (χ1) is 13.9. The van der Waals surface area contributed by atoms with Gasteiger partial charge in [-0.1, -0.05) is 119 Å². The second kappa shape index (κ2) is 15.2. The SMILES string of the molecule is CCCCCCCCCCCCc1ccccc1-c1ccccc1.O=S(=O)(O)O. The van der Waals surface area contributed by atoms with Gasteiger partial charge in [0.1, 0.15) is 0 Å². The first-order valence-electron chi connectivity index (χ1n) is 10.7. The highest BCUT2D eigenvalue weighted by atomic mass is 32.3.